The van der Waals surface area contributed by atoms with Crippen molar-refractivity contribution in [2.75, 3.05) is 6.54 Å². The topological polar surface area (TPSA) is 109 Å². The number of carboxylic acid groups (broad SMARTS) is 1. The average Bonchev–Trinajstić information content (AvgIpc) is 2.23. The van der Waals surface area contributed by atoms with Gasteiger partial charge >= 0.3 is 5.97 Å². The lowest BCUT2D eigenvalue weighted by atomic mass is 10.1. The van der Waals surface area contributed by atoms with Crippen LogP contribution in [0.25, 0.3) is 0 Å². The van der Waals surface area contributed by atoms with E-state index in [4.69, 9.17) is 10.8 Å². The van der Waals surface area contributed by atoms with Gasteiger partial charge in [-0.3, -0.25) is 4.79 Å². The largest absolute Gasteiger partial charge is 0.480 e. The van der Waals surface area contributed by atoms with Crippen molar-refractivity contribution < 1.29 is 18.3 Å². The summed E-state index contributed by atoms with van der Waals surface area (Å²) in [7, 11) is -3.91. The molecule has 6 nitrogen and oxygen atoms in total. The van der Waals surface area contributed by atoms with E-state index in [2.05, 4.69) is 4.72 Å². The Hall–Kier alpha value is -1.44. The van der Waals surface area contributed by atoms with Gasteiger partial charge in [-0.05, 0) is 31.9 Å². The first-order valence-electron chi connectivity index (χ1n) is 5.72. The molecule has 106 valence electrons. The van der Waals surface area contributed by atoms with Crippen molar-refractivity contribution in [1.82, 2.24) is 4.72 Å². The molecule has 0 saturated carbocycles. The van der Waals surface area contributed by atoms with Crippen molar-refractivity contribution in [3.63, 3.8) is 0 Å². The van der Waals surface area contributed by atoms with Crippen molar-refractivity contribution in [2.45, 2.75) is 31.7 Å². The molecule has 1 aromatic rings. The number of carbonyl (C=O) groups is 1. The number of nitrogens with one attached hydrogen (secondary N) is 1. The predicted octanol–water partition coefficient (Wildman–Crippen LogP) is 0.302. The van der Waals surface area contributed by atoms with E-state index < -0.39 is 22.0 Å². The molecule has 1 atom stereocenters. The van der Waals surface area contributed by atoms with Crippen molar-refractivity contribution in [2.24, 2.45) is 5.73 Å². The zero-order valence-corrected chi connectivity index (χ0v) is 11.9. The highest BCUT2D eigenvalue weighted by atomic mass is 32.2. The van der Waals surface area contributed by atoms with Gasteiger partial charge in [-0.2, -0.15) is 4.72 Å². The van der Waals surface area contributed by atoms with Crippen LogP contribution < -0.4 is 10.5 Å². The minimum atomic E-state index is -3.91. The van der Waals surface area contributed by atoms with Gasteiger partial charge < -0.3 is 10.8 Å². The Bertz CT molecular complexity index is 573. The van der Waals surface area contributed by atoms with Gasteiger partial charge in [-0.25, -0.2) is 8.42 Å². The van der Waals surface area contributed by atoms with Gasteiger partial charge in [0.15, 0.2) is 0 Å². The highest BCUT2D eigenvalue weighted by Crippen LogP contribution is 2.21. The Morgan fingerprint density at radius 3 is 2.16 bits per heavy atom. The summed E-state index contributed by atoms with van der Waals surface area (Å²) >= 11 is 0. The molecule has 0 aliphatic carbocycles. The second kappa shape index (κ2) is 5.68. The molecule has 0 amide bonds. The maximum Gasteiger partial charge on any atom is 0.323 e. The van der Waals surface area contributed by atoms with Crippen LogP contribution in [0.1, 0.15) is 16.7 Å². The molecule has 0 radical (unpaired) electrons. The first-order valence-corrected chi connectivity index (χ1v) is 7.20. The number of sulfonamides is 1. The fraction of sp³-hybridized carbons (Fsp3) is 0.417. The summed E-state index contributed by atoms with van der Waals surface area (Å²) in [5.41, 5.74) is 7.35. The third-order valence-electron chi connectivity index (χ3n) is 2.70. The maximum absolute atomic E-state index is 12.2. The Morgan fingerprint density at radius 1 is 1.32 bits per heavy atom. The van der Waals surface area contributed by atoms with E-state index in [1.165, 1.54) is 0 Å². The Labute approximate surface area is 112 Å². The average molecular weight is 286 g/mol. The summed E-state index contributed by atoms with van der Waals surface area (Å²) < 4.78 is 26.6. The zero-order valence-electron chi connectivity index (χ0n) is 11.1. The van der Waals surface area contributed by atoms with E-state index in [0.29, 0.717) is 11.1 Å². The van der Waals surface area contributed by atoms with Gasteiger partial charge in [0.25, 0.3) is 0 Å². The van der Waals surface area contributed by atoms with Crippen LogP contribution in [0.15, 0.2) is 17.0 Å². The molecular formula is C12H18N2O4S. The van der Waals surface area contributed by atoms with E-state index in [1.807, 2.05) is 6.92 Å². The van der Waals surface area contributed by atoms with Crippen LogP contribution in [0.2, 0.25) is 0 Å². The third kappa shape index (κ3) is 3.52. The van der Waals surface area contributed by atoms with Crippen LogP contribution in [-0.4, -0.2) is 32.1 Å². The number of benzene rings is 1. The molecule has 0 aromatic heterocycles. The molecule has 0 aliphatic rings. The summed E-state index contributed by atoms with van der Waals surface area (Å²) in [4.78, 5) is 11.0. The Morgan fingerprint density at radius 2 is 1.79 bits per heavy atom. The van der Waals surface area contributed by atoms with E-state index in [1.54, 1.807) is 26.0 Å². The molecule has 0 aliphatic heterocycles. The fourth-order valence-electron chi connectivity index (χ4n) is 2.04. The van der Waals surface area contributed by atoms with Gasteiger partial charge in [0, 0.05) is 6.54 Å². The van der Waals surface area contributed by atoms with Crippen LogP contribution in [-0.2, 0) is 14.8 Å². The van der Waals surface area contributed by atoms with Crippen molar-refractivity contribution in [3.05, 3.63) is 28.8 Å². The number of hydrogen-bond donors (Lipinski definition) is 3. The molecule has 0 saturated heterocycles. The Balaban J connectivity index is 3.25. The minimum Gasteiger partial charge on any atom is -0.480 e. The number of nitrogens with two attached hydrogens (primary N) is 1. The van der Waals surface area contributed by atoms with Crippen molar-refractivity contribution in [1.29, 1.82) is 0 Å². The first kappa shape index (κ1) is 15.6. The molecule has 0 bridgehead atoms. The van der Waals surface area contributed by atoms with E-state index >= 15 is 0 Å². The molecule has 0 spiro atoms. The SMILES string of the molecule is Cc1cc(C)c(S(=O)(=O)N[C@@H](CN)C(=O)O)c(C)c1. The summed E-state index contributed by atoms with van der Waals surface area (Å²) in [5.74, 6) is -1.30. The minimum absolute atomic E-state index is 0.109. The third-order valence-corrected chi connectivity index (χ3v) is 4.48. The molecule has 19 heavy (non-hydrogen) atoms. The molecular weight excluding hydrogens is 268 g/mol. The molecule has 1 rings (SSSR count). The van der Waals surface area contributed by atoms with Crippen LogP contribution in [0.3, 0.4) is 0 Å². The molecule has 0 heterocycles. The Kier molecular flexibility index (Phi) is 4.67. The number of aliphatic carboxylic acids is 1. The van der Waals surface area contributed by atoms with Crippen LogP contribution in [0.4, 0.5) is 0 Å². The predicted molar refractivity (Wildman–Crippen MR) is 71.5 cm³/mol. The van der Waals surface area contributed by atoms with Gasteiger partial charge in [0.1, 0.15) is 6.04 Å². The second-order valence-electron chi connectivity index (χ2n) is 4.48. The van der Waals surface area contributed by atoms with Gasteiger partial charge in [-0.1, -0.05) is 17.7 Å². The monoisotopic (exact) mass is 286 g/mol. The first-order chi connectivity index (χ1) is 8.69. The van der Waals surface area contributed by atoms with Crippen molar-refractivity contribution in [3.8, 4) is 0 Å². The molecule has 0 unspecified atom stereocenters. The lowest BCUT2D eigenvalue weighted by Gasteiger charge is -2.16. The lowest BCUT2D eigenvalue weighted by molar-refractivity contribution is -0.138. The quantitative estimate of drug-likeness (QED) is 0.721. The van der Waals surface area contributed by atoms with Crippen LogP contribution in [0, 0.1) is 20.8 Å². The van der Waals surface area contributed by atoms with E-state index in [9.17, 15) is 13.2 Å². The summed E-state index contributed by atoms with van der Waals surface area (Å²) in [5, 5.41) is 8.86. The maximum atomic E-state index is 12.2. The smallest absolute Gasteiger partial charge is 0.323 e. The summed E-state index contributed by atoms with van der Waals surface area (Å²) in [6.45, 7) is 4.90. The molecule has 1 aromatic carbocycles. The lowest BCUT2D eigenvalue weighted by Crippen LogP contribution is -2.45. The molecule has 0 fully saturated rings. The fourth-order valence-corrected chi connectivity index (χ4v) is 3.69. The van der Waals surface area contributed by atoms with Gasteiger partial charge in [-0.15, -0.1) is 0 Å². The highest BCUT2D eigenvalue weighted by Gasteiger charge is 2.26. The van der Waals surface area contributed by atoms with Crippen molar-refractivity contribution >= 4 is 16.0 Å². The zero-order chi connectivity index (χ0) is 14.8. The van der Waals surface area contributed by atoms with Crippen LogP contribution in [0.5, 0.6) is 0 Å². The van der Waals surface area contributed by atoms with Crippen LogP contribution >= 0.6 is 0 Å². The van der Waals surface area contributed by atoms with E-state index in [-0.39, 0.29) is 11.4 Å². The number of rotatable bonds is 5. The number of carboxylic acids is 1. The molecule has 7 heteroatoms. The second-order valence-corrected chi connectivity index (χ2v) is 6.13. The standard InChI is InChI=1S/C12H18N2O4S/c1-7-4-8(2)11(9(3)5-7)19(17,18)14-10(6-13)12(15)16/h4-5,10,14H,6,13H2,1-3H3,(H,15,16)/t10-/m0/s1. The number of aryl methyl sites for hydroxylation is 3. The summed E-state index contributed by atoms with van der Waals surface area (Å²) in [6, 6.07) is 2.14. The highest BCUT2D eigenvalue weighted by molar-refractivity contribution is 7.89. The summed E-state index contributed by atoms with van der Waals surface area (Å²) in [6.07, 6.45) is 0. The van der Waals surface area contributed by atoms with Gasteiger partial charge in [0.05, 0.1) is 4.90 Å². The number of hydrogen-bond acceptors (Lipinski definition) is 4. The molecule has 4 N–H and O–H groups in total. The van der Waals surface area contributed by atoms with Gasteiger partial charge in [0.2, 0.25) is 10.0 Å². The van der Waals surface area contributed by atoms with E-state index in [0.717, 1.165) is 5.56 Å². The normalized spacial score (nSPS) is 13.3.